The van der Waals surface area contributed by atoms with Crippen molar-refractivity contribution in [2.24, 2.45) is 0 Å². The van der Waals surface area contributed by atoms with E-state index in [-0.39, 0.29) is 34.2 Å². The number of halogens is 1. The molecule has 2 aromatic heterocycles. The summed E-state index contributed by atoms with van der Waals surface area (Å²) in [5.74, 6) is -0.991. The summed E-state index contributed by atoms with van der Waals surface area (Å²) < 4.78 is 17.0. The average molecular weight is 414 g/mol. The first-order chi connectivity index (χ1) is 13.9. The van der Waals surface area contributed by atoms with Crippen LogP contribution in [0.15, 0.2) is 30.5 Å². The van der Waals surface area contributed by atoms with E-state index in [1.54, 1.807) is 49.1 Å². The molecule has 3 rings (SSSR count). The third-order valence-corrected chi connectivity index (χ3v) is 4.31. The lowest BCUT2D eigenvalue weighted by Gasteiger charge is -2.12. The number of rotatable bonds is 5. The number of benzene rings is 1. The number of hydrogen-bond donors (Lipinski definition) is 0. The Morgan fingerprint density at radius 3 is 2.52 bits per heavy atom. The molecule has 8 nitrogen and oxygen atoms in total. The summed E-state index contributed by atoms with van der Waals surface area (Å²) in [5.41, 5.74) is 0.604. The molecule has 9 heteroatoms. The Kier molecular flexibility index (Phi) is 5.71. The highest BCUT2D eigenvalue weighted by Crippen LogP contribution is 2.39. The van der Waals surface area contributed by atoms with Gasteiger partial charge in [-0.2, -0.15) is 5.26 Å². The van der Waals surface area contributed by atoms with Crippen LogP contribution in [0.1, 0.15) is 30.0 Å². The Balaban J connectivity index is 2.36. The number of pyridine rings is 1. The molecular formula is C20H16ClN3O5. The standard InChI is InChI=1S/C20H16ClN3O5/c1-4-28-20(26)17-19(29-11(2)25)16-14(21)10-24(18(16)15(9-22)23-17)12-5-7-13(27-3)8-6-12/h5-8,10H,4H2,1-3H3. The second-order valence-electron chi connectivity index (χ2n) is 5.83. The molecule has 0 radical (unpaired) electrons. The summed E-state index contributed by atoms with van der Waals surface area (Å²) >= 11 is 6.43. The molecule has 0 N–H and O–H groups in total. The third kappa shape index (κ3) is 3.73. The number of hydrogen-bond acceptors (Lipinski definition) is 7. The van der Waals surface area contributed by atoms with Gasteiger partial charge in [-0.05, 0) is 31.2 Å². The van der Waals surface area contributed by atoms with Crippen LogP contribution in [-0.4, -0.2) is 35.2 Å². The van der Waals surface area contributed by atoms with Crippen molar-refractivity contribution >= 4 is 34.4 Å². The van der Waals surface area contributed by atoms with Crippen LogP contribution in [0, 0.1) is 11.3 Å². The summed E-state index contributed by atoms with van der Waals surface area (Å²) in [7, 11) is 1.55. The van der Waals surface area contributed by atoms with Crippen LogP contribution in [-0.2, 0) is 9.53 Å². The minimum absolute atomic E-state index is 0.0679. The molecule has 0 saturated carbocycles. The van der Waals surface area contributed by atoms with Crippen molar-refractivity contribution in [1.29, 1.82) is 5.26 Å². The molecule has 2 heterocycles. The predicted octanol–water partition coefficient (Wildman–Crippen LogP) is 3.66. The van der Waals surface area contributed by atoms with E-state index in [1.807, 2.05) is 6.07 Å². The number of fused-ring (bicyclic) bond motifs is 1. The summed E-state index contributed by atoms with van der Waals surface area (Å²) in [6.45, 7) is 2.90. The maximum absolute atomic E-state index is 12.4. The third-order valence-electron chi connectivity index (χ3n) is 4.02. The average Bonchev–Trinajstić information content (AvgIpc) is 3.05. The molecule has 0 unspecified atom stereocenters. The van der Waals surface area contributed by atoms with Crippen molar-refractivity contribution in [2.45, 2.75) is 13.8 Å². The highest BCUT2D eigenvalue weighted by Gasteiger charge is 2.27. The Labute approximate surface area is 171 Å². The van der Waals surface area contributed by atoms with E-state index < -0.39 is 11.9 Å². The van der Waals surface area contributed by atoms with Gasteiger partial charge in [0.15, 0.2) is 17.1 Å². The van der Waals surface area contributed by atoms with Gasteiger partial charge in [-0.3, -0.25) is 4.79 Å². The highest BCUT2D eigenvalue weighted by molar-refractivity contribution is 6.36. The second-order valence-corrected chi connectivity index (χ2v) is 6.24. The Morgan fingerprint density at radius 2 is 1.97 bits per heavy atom. The van der Waals surface area contributed by atoms with Crippen molar-refractivity contribution in [3.05, 3.63) is 46.9 Å². The zero-order valence-corrected chi connectivity index (χ0v) is 16.6. The minimum atomic E-state index is -0.824. The monoisotopic (exact) mass is 413 g/mol. The van der Waals surface area contributed by atoms with E-state index >= 15 is 0 Å². The summed E-state index contributed by atoms with van der Waals surface area (Å²) in [6, 6.07) is 8.99. The van der Waals surface area contributed by atoms with Crippen molar-refractivity contribution in [3.63, 3.8) is 0 Å². The van der Waals surface area contributed by atoms with E-state index in [1.165, 1.54) is 6.92 Å². The number of nitriles is 1. The molecule has 0 atom stereocenters. The predicted molar refractivity (Wildman–Crippen MR) is 105 cm³/mol. The van der Waals surface area contributed by atoms with Crippen molar-refractivity contribution in [2.75, 3.05) is 13.7 Å². The van der Waals surface area contributed by atoms with Gasteiger partial charge in [-0.15, -0.1) is 0 Å². The molecular weight excluding hydrogens is 398 g/mol. The van der Waals surface area contributed by atoms with Crippen molar-refractivity contribution in [1.82, 2.24) is 9.55 Å². The molecule has 0 saturated heterocycles. The molecule has 29 heavy (non-hydrogen) atoms. The molecule has 3 aromatic rings. The SMILES string of the molecule is CCOC(=O)c1nc(C#N)c2c(c(Cl)cn2-c2ccc(OC)cc2)c1OC(C)=O. The first-order valence-corrected chi connectivity index (χ1v) is 8.93. The fourth-order valence-corrected chi connectivity index (χ4v) is 3.14. The lowest BCUT2D eigenvalue weighted by atomic mass is 10.2. The van der Waals surface area contributed by atoms with Gasteiger partial charge in [0.05, 0.1) is 29.6 Å². The zero-order chi connectivity index (χ0) is 21.1. The van der Waals surface area contributed by atoms with Crippen LogP contribution >= 0.6 is 11.6 Å². The number of esters is 2. The number of nitrogens with zero attached hydrogens (tertiary/aromatic N) is 3. The second kappa shape index (κ2) is 8.20. The zero-order valence-electron chi connectivity index (χ0n) is 15.9. The van der Waals surface area contributed by atoms with E-state index in [9.17, 15) is 14.9 Å². The van der Waals surface area contributed by atoms with E-state index in [2.05, 4.69) is 4.98 Å². The Bertz CT molecular complexity index is 1150. The summed E-state index contributed by atoms with van der Waals surface area (Å²) in [5, 5.41) is 10.1. The maximum atomic E-state index is 12.4. The van der Waals surface area contributed by atoms with Crippen LogP contribution in [0.5, 0.6) is 11.5 Å². The number of carbonyl (C=O) groups excluding carboxylic acids is 2. The topological polar surface area (TPSA) is 103 Å². The fourth-order valence-electron chi connectivity index (χ4n) is 2.86. The summed E-state index contributed by atoms with van der Waals surface area (Å²) in [4.78, 5) is 28.1. The van der Waals surface area contributed by atoms with Gasteiger partial charge in [-0.1, -0.05) is 11.6 Å². The van der Waals surface area contributed by atoms with Crippen molar-refractivity contribution in [3.8, 4) is 23.3 Å². The molecule has 0 spiro atoms. The van der Waals surface area contributed by atoms with Crippen LogP contribution in [0.4, 0.5) is 0 Å². The molecule has 0 bridgehead atoms. The Hall–Kier alpha value is -3.57. The number of methoxy groups -OCH3 is 1. The molecule has 1 aromatic carbocycles. The largest absolute Gasteiger partial charge is 0.497 e. The maximum Gasteiger partial charge on any atom is 0.360 e. The first kappa shape index (κ1) is 20.2. The van der Waals surface area contributed by atoms with E-state index in [4.69, 9.17) is 25.8 Å². The van der Waals surface area contributed by atoms with E-state index in [0.717, 1.165) is 0 Å². The molecule has 0 aliphatic heterocycles. The highest BCUT2D eigenvalue weighted by atomic mass is 35.5. The molecule has 0 aliphatic carbocycles. The van der Waals surface area contributed by atoms with Gasteiger partial charge < -0.3 is 18.8 Å². The smallest absolute Gasteiger partial charge is 0.360 e. The van der Waals surface area contributed by atoms with Gasteiger partial charge in [-0.25, -0.2) is 9.78 Å². The Morgan fingerprint density at radius 1 is 1.28 bits per heavy atom. The van der Waals surface area contributed by atoms with Crippen LogP contribution in [0.2, 0.25) is 5.02 Å². The van der Waals surface area contributed by atoms with Crippen LogP contribution in [0.25, 0.3) is 16.6 Å². The summed E-state index contributed by atoms with van der Waals surface area (Å²) in [6.07, 6.45) is 1.55. The van der Waals surface area contributed by atoms with Gasteiger partial charge in [0.1, 0.15) is 11.8 Å². The van der Waals surface area contributed by atoms with Crippen molar-refractivity contribution < 1.29 is 23.8 Å². The van der Waals surface area contributed by atoms with Gasteiger partial charge in [0.2, 0.25) is 0 Å². The van der Waals surface area contributed by atoms with Crippen LogP contribution < -0.4 is 9.47 Å². The lowest BCUT2D eigenvalue weighted by molar-refractivity contribution is -0.131. The molecule has 0 aliphatic rings. The minimum Gasteiger partial charge on any atom is -0.497 e. The molecule has 0 amide bonds. The van der Waals surface area contributed by atoms with Crippen LogP contribution in [0.3, 0.4) is 0 Å². The first-order valence-electron chi connectivity index (χ1n) is 8.55. The lowest BCUT2D eigenvalue weighted by Crippen LogP contribution is -2.14. The molecule has 148 valence electrons. The van der Waals surface area contributed by atoms with Gasteiger partial charge >= 0.3 is 11.9 Å². The number of aromatic nitrogens is 2. The number of ether oxygens (including phenoxy) is 3. The normalized spacial score (nSPS) is 10.4. The number of carbonyl (C=O) groups is 2. The van der Waals surface area contributed by atoms with E-state index in [0.29, 0.717) is 17.0 Å². The molecule has 0 fully saturated rings. The fraction of sp³-hybridized carbons (Fsp3) is 0.200. The van der Waals surface area contributed by atoms with Gasteiger partial charge in [0, 0.05) is 18.8 Å². The van der Waals surface area contributed by atoms with Gasteiger partial charge in [0.25, 0.3) is 0 Å². The quantitative estimate of drug-likeness (QED) is 0.588.